The Morgan fingerprint density at radius 1 is 1.07 bits per heavy atom. The molecule has 2 aromatic carbocycles. The number of rotatable bonds is 7. The number of aromatic nitrogens is 1. The average Bonchev–Trinajstić information content (AvgIpc) is 3.08. The number of hydrogen-bond acceptors (Lipinski definition) is 5. The maximum absolute atomic E-state index is 13.2. The van der Waals surface area contributed by atoms with Gasteiger partial charge in [0.1, 0.15) is 5.82 Å². The summed E-state index contributed by atoms with van der Waals surface area (Å²) < 4.78 is 45.1. The van der Waals surface area contributed by atoms with Crippen LogP contribution < -0.4 is 0 Å². The number of halogens is 1. The Morgan fingerprint density at radius 2 is 1.74 bits per heavy atom. The first-order valence-corrected chi connectivity index (χ1v) is 11.1. The molecule has 0 atom stereocenters. The lowest BCUT2D eigenvalue weighted by Gasteiger charge is -2.03. The SMILES string of the molecule is CCCCSc1oc(-c2ccc(C)cc2)nc1S(=O)(=O)c1ccc(F)cc1. The number of unbranched alkanes of at least 4 members (excludes halogenated alkanes) is 1. The van der Waals surface area contributed by atoms with Crippen molar-refractivity contribution in [3.8, 4) is 11.5 Å². The van der Waals surface area contributed by atoms with Crippen molar-refractivity contribution >= 4 is 21.6 Å². The van der Waals surface area contributed by atoms with E-state index in [1.165, 1.54) is 23.9 Å². The molecule has 0 aliphatic rings. The van der Waals surface area contributed by atoms with Crippen molar-refractivity contribution in [2.45, 2.75) is 41.7 Å². The summed E-state index contributed by atoms with van der Waals surface area (Å²) in [5.74, 6) is 0.493. The van der Waals surface area contributed by atoms with Crippen molar-refractivity contribution in [1.29, 1.82) is 0 Å². The van der Waals surface area contributed by atoms with E-state index in [1.807, 2.05) is 31.2 Å². The Hall–Kier alpha value is -2.12. The second-order valence-corrected chi connectivity index (χ2v) is 9.07. The van der Waals surface area contributed by atoms with Crippen LogP contribution >= 0.6 is 11.8 Å². The molecular weight excluding hydrogens is 385 g/mol. The quantitative estimate of drug-likeness (QED) is 0.294. The molecule has 3 rings (SSSR count). The zero-order valence-corrected chi connectivity index (χ0v) is 16.7. The second-order valence-electron chi connectivity index (χ2n) is 6.14. The lowest BCUT2D eigenvalue weighted by molar-refractivity contribution is 0.470. The van der Waals surface area contributed by atoms with Gasteiger partial charge in [-0.05, 0) is 49.7 Å². The van der Waals surface area contributed by atoms with Gasteiger partial charge >= 0.3 is 0 Å². The standard InChI is InChI=1S/C20H20FNO3S2/c1-3-4-13-26-20-19(27(23,24)17-11-9-16(21)10-12-17)22-18(25-20)15-7-5-14(2)6-8-15/h5-12H,3-4,13H2,1-2H3. The molecule has 0 bridgehead atoms. The smallest absolute Gasteiger partial charge is 0.228 e. The molecule has 3 aromatic rings. The van der Waals surface area contributed by atoms with Crippen LogP contribution in [0.15, 0.2) is 68.0 Å². The fraction of sp³-hybridized carbons (Fsp3) is 0.250. The van der Waals surface area contributed by atoms with Crippen LogP contribution in [0, 0.1) is 12.7 Å². The van der Waals surface area contributed by atoms with Gasteiger partial charge in [0, 0.05) is 11.3 Å². The second kappa shape index (κ2) is 8.27. The van der Waals surface area contributed by atoms with Crippen molar-refractivity contribution in [2.24, 2.45) is 0 Å². The van der Waals surface area contributed by atoms with E-state index in [2.05, 4.69) is 11.9 Å². The van der Waals surface area contributed by atoms with Crippen molar-refractivity contribution in [3.05, 3.63) is 59.9 Å². The molecule has 0 radical (unpaired) electrons. The molecule has 0 unspecified atom stereocenters. The number of oxazole rings is 1. The minimum atomic E-state index is -3.91. The fourth-order valence-corrected chi connectivity index (χ4v) is 5.02. The zero-order chi connectivity index (χ0) is 19.4. The van der Waals surface area contributed by atoms with Crippen LogP contribution in [-0.4, -0.2) is 19.2 Å². The summed E-state index contributed by atoms with van der Waals surface area (Å²) in [6.07, 6.45) is 1.92. The molecule has 142 valence electrons. The summed E-state index contributed by atoms with van der Waals surface area (Å²) in [6.45, 7) is 4.03. The number of thioether (sulfide) groups is 1. The predicted molar refractivity (Wildman–Crippen MR) is 104 cm³/mol. The zero-order valence-electron chi connectivity index (χ0n) is 15.1. The normalized spacial score (nSPS) is 11.7. The Morgan fingerprint density at radius 3 is 2.37 bits per heavy atom. The summed E-state index contributed by atoms with van der Waals surface area (Å²) in [6, 6.07) is 12.2. The lowest BCUT2D eigenvalue weighted by Crippen LogP contribution is -2.04. The molecule has 4 nitrogen and oxygen atoms in total. The molecule has 0 fully saturated rings. The summed E-state index contributed by atoms with van der Waals surface area (Å²) in [4.78, 5) is 4.28. The molecule has 0 aliphatic carbocycles. The molecule has 27 heavy (non-hydrogen) atoms. The first-order chi connectivity index (χ1) is 12.9. The molecule has 0 saturated carbocycles. The van der Waals surface area contributed by atoms with Crippen molar-refractivity contribution < 1.29 is 17.2 Å². The molecule has 1 aromatic heterocycles. The van der Waals surface area contributed by atoms with Crippen molar-refractivity contribution in [3.63, 3.8) is 0 Å². The van der Waals surface area contributed by atoms with E-state index in [0.29, 0.717) is 5.56 Å². The molecule has 0 N–H and O–H groups in total. The van der Waals surface area contributed by atoms with Crippen LogP contribution in [0.4, 0.5) is 4.39 Å². The predicted octanol–water partition coefficient (Wildman–Crippen LogP) is 5.51. The maximum atomic E-state index is 13.2. The van der Waals surface area contributed by atoms with E-state index >= 15 is 0 Å². The number of benzene rings is 2. The highest BCUT2D eigenvalue weighted by Gasteiger charge is 2.28. The van der Waals surface area contributed by atoms with Crippen LogP contribution in [0.25, 0.3) is 11.5 Å². The van der Waals surface area contributed by atoms with E-state index in [1.54, 1.807) is 0 Å². The largest absolute Gasteiger partial charge is 0.428 e. The Balaban J connectivity index is 2.06. The van der Waals surface area contributed by atoms with Crippen LogP contribution in [0.1, 0.15) is 25.3 Å². The minimum absolute atomic E-state index is 0.00926. The third-order valence-corrected chi connectivity index (χ3v) is 6.81. The van der Waals surface area contributed by atoms with E-state index < -0.39 is 15.7 Å². The van der Waals surface area contributed by atoms with Gasteiger partial charge in [-0.1, -0.05) is 42.8 Å². The van der Waals surface area contributed by atoms with Gasteiger partial charge in [-0.2, -0.15) is 4.98 Å². The Kier molecular flexibility index (Phi) is 6.01. The summed E-state index contributed by atoms with van der Waals surface area (Å²) in [7, 11) is -3.91. The molecule has 0 aliphatic heterocycles. The molecule has 0 saturated heterocycles. The molecular formula is C20H20FNO3S2. The first-order valence-electron chi connectivity index (χ1n) is 8.63. The van der Waals surface area contributed by atoms with E-state index in [-0.39, 0.29) is 20.9 Å². The first kappa shape index (κ1) is 19.6. The molecule has 0 amide bonds. The number of aryl methyl sites for hydroxylation is 1. The van der Waals surface area contributed by atoms with Crippen LogP contribution in [0.2, 0.25) is 0 Å². The van der Waals surface area contributed by atoms with E-state index in [0.717, 1.165) is 36.3 Å². The van der Waals surface area contributed by atoms with Crippen LogP contribution in [0.3, 0.4) is 0 Å². The number of sulfone groups is 1. The lowest BCUT2D eigenvalue weighted by atomic mass is 10.1. The van der Waals surface area contributed by atoms with E-state index in [4.69, 9.17) is 4.42 Å². The Bertz CT molecular complexity index is 1010. The Labute approximate surface area is 162 Å². The highest BCUT2D eigenvalue weighted by atomic mass is 32.2. The van der Waals surface area contributed by atoms with Gasteiger partial charge in [-0.3, -0.25) is 0 Å². The topological polar surface area (TPSA) is 60.2 Å². The molecule has 1 heterocycles. The molecule has 0 spiro atoms. The van der Waals surface area contributed by atoms with Gasteiger partial charge in [0.2, 0.25) is 25.8 Å². The fourth-order valence-electron chi connectivity index (χ4n) is 2.41. The highest BCUT2D eigenvalue weighted by Crippen LogP contribution is 2.35. The van der Waals surface area contributed by atoms with E-state index in [9.17, 15) is 12.8 Å². The number of hydrogen-bond donors (Lipinski definition) is 0. The third kappa shape index (κ3) is 4.42. The van der Waals surface area contributed by atoms with Gasteiger partial charge in [0.15, 0.2) is 0 Å². The summed E-state index contributed by atoms with van der Waals surface area (Å²) in [5.41, 5.74) is 1.79. The summed E-state index contributed by atoms with van der Waals surface area (Å²) in [5, 5.41) is 0.147. The van der Waals surface area contributed by atoms with Gasteiger partial charge in [-0.25, -0.2) is 12.8 Å². The maximum Gasteiger partial charge on any atom is 0.228 e. The minimum Gasteiger partial charge on any atom is -0.428 e. The molecule has 7 heteroatoms. The van der Waals surface area contributed by atoms with Gasteiger partial charge in [0.25, 0.3) is 0 Å². The van der Waals surface area contributed by atoms with Gasteiger partial charge in [0.05, 0.1) is 4.90 Å². The third-order valence-electron chi connectivity index (χ3n) is 3.98. The van der Waals surface area contributed by atoms with Crippen LogP contribution in [-0.2, 0) is 9.84 Å². The highest BCUT2D eigenvalue weighted by molar-refractivity contribution is 8.00. The average molecular weight is 406 g/mol. The monoisotopic (exact) mass is 405 g/mol. The van der Waals surface area contributed by atoms with Gasteiger partial charge < -0.3 is 4.42 Å². The van der Waals surface area contributed by atoms with Crippen LogP contribution in [0.5, 0.6) is 0 Å². The van der Waals surface area contributed by atoms with Gasteiger partial charge in [-0.15, -0.1) is 0 Å². The number of nitrogens with zero attached hydrogens (tertiary/aromatic N) is 1. The van der Waals surface area contributed by atoms with Crippen molar-refractivity contribution in [1.82, 2.24) is 4.98 Å². The summed E-state index contributed by atoms with van der Waals surface area (Å²) >= 11 is 1.33. The van der Waals surface area contributed by atoms with Crippen molar-refractivity contribution in [2.75, 3.05) is 5.75 Å².